The maximum absolute atomic E-state index is 11.2. The van der Waals surface area contributed by atoms with Gasteiger partial charge in [0.15, 0.2) is 15.1 Å². The quantitative estimate of drug-likeness (QED) is 0.522. The van der Waals surface area contributed by atoms with Crippen LogP contribution < -0.4 is 5.73 Å². The van der Waals surface area contributed by atoms with Crippen LogP contribution in [0.5, 0.6) is 0 Å². The predicted molar refractivity (Wildman–Crippen MR) is 42.2 cm³/mol. The molecular formula is C6H11NO4S. The summed E-state index contributed by atoms with van der Waals surface area (Å²) in [5, 5.41) is -1.04. The number of rotatable bonds is 1. The number of hydrogen-bond acceptors (Lipinski definition) is 5. The molecule has 0 amide bonds. The molecule has 0 saturated carbocycles. The summed E-state index contributed by atoms with van der Waals surface area (Å²) >= 11 is 0. The molecule has 1 aliphatic heterocycles. The Bertz CT molecular complexity index is 284. The van der Waals surface area contributed by atoms with Crippen molar-refractivity contribution in [3.63, 3.8) is 0 Å². The first-order valence-corrected chi connectivity index (χ1v) is 5.24. The lowest BCUT2D eigenvalue weighted by atomic mass is 10.2. The molecule has 2 atom stereocenters. The van der Waals surface area contributed by atoms with Crippen LogP contribution in [-0.4, -0.2) is 38.5 Å². The lowest BCUT2D eigenvalue weighted by molar-refractivity contribution is -0.140. The fourth-order valence-electron chi connectivity index (χ4n) is 1.28. The zero-order chi connectivity index (χ0) is 9.35. The lowest BCUT2D eigenvalue weighted by Crippen LogP contribution is -2.27. The third kappa shape index (κ3) is 1.59. The van der Waals surface area contributed by atoms with Gasteiger partial charge in [0.05, 0.1) is 12.9 Å². The highest BCUT2D eigenvalue weighted by Crippen LogP contribution is 2.20. The minimum Gasteiger partial charge on any atom is -0.468 e. The number of esters is 1. The second kappa shape index (κ2) is 3.02. The third-order valence-electron chi connectivity index (χ3n) is 1.86. The van der Waals surface area contributed by atoms with Gasteiger partial charge in [0.2, 0.25) is 0 Å². The Kier molecular flexibility index (Phi) is 2.39. The average Bonchev–Trinajstić information content (AvgIpc) is 2.23. The maximum atomic E-state index is 11.2. The van der Waals surface area contributed by atoms with E-state index in [-0.39, 0.29) is 12.2 Å². The van der Waals surface area contributed by atoms with Crippen molar-refractivity contribution in [2.75, 3.05) is 12.9 Å². The fraction of sp³-hybridized carbons (Fsp3) is 0.833. The van der Waals surface area contributed by atoms with Crippen molar-refractivity contribution in [3.05, 3.63) is 0 Å². The largest absolute Gasteiger partial charge is 0.468 e. The molecule has 0 aromatic carbocycles. The Morgan fingerprint density at radius 1 is 1.58 bits per heavy atom. The summed E-state index contributed by atoms with van der Waals surface area (Å²) in [4.78, 5) is 10.9. The molecule has 5 nitrogen and oxygen atoms in total. The molecule has 1 saturated heterocycles. The van der Waals surface area contributed by atoms with Crippen molar-refractivity contribution < 1.29 is 17.9 Å². The molecule has 1 rings (SSSR count). The van der Waals surface area contributed by atoms with Crippen LogP contribution >= 0.6 is 0 Å². The van der Waals surface area contributed by atoms with Crippen LogP contribution in [0.15, 0.2) is 0 Å². The Morgan fingerprint density at radius 2 is 2.17 bits per heavy atom. The number of hydrogen-bond donors (Lipinski definition) is 1. The van der Waals surface area contributed by atoms with Crippen LogP contribution in [-0.2, 0) is 19.4 Å². The van der Waals surface area contributed by atoms with E-state index in [0.29, 0.717) is 0 Å². The van der Waals surface area contributed by atoms with Crippen molar-refractivity contribution in [3.8, 4) is 0 Å². The lowest BCUT2D eigenvalue weighted by Gasteiger charge is -2.04. The van der Waals surface area contributed by atoms with E-state index in [0.717, 1.165) is 0 Å². The Balaban J connectivity index is 2.86. The number of carbonyl (C=O) groups is 1. The zero-order valence-electron chi connectivity index (χ0n) is 6.69. The molecule has 1 aliphatic rings. The minimum absolute atomic E-state index is 0.118. The number of methoxy groups -OCH3 is 1. The first-order valence-electron chi connectivity index (χ1n) is 3.52. The normalized spacial score (nSPS) is 33.2. The van der Waals surface area contributed by atoms with Crippen molar-refractivity contribution in [2.45, 2.75) is 17.7 Å². The molecule has 0 aromatic heterocycles. The van der Waals surface area contributed by atoms with E-state index in [1.807, 2.05) is 0 Å². The fourth-order valence-corrected chi connectivity index (χ4v) is 3.17. The molecule has 1 heterocycles. The molecule has 0 aromatic rings. The van der Waals surface area contributed by atoms with E-state index >= 15 is 0 Å². The minimum atomic E-state index is -3.35. The smallest absolute Gasteiger partial charge is 0.324 e. The molecule has 70 valence electrons. The first kappa shape index (κ1) is 9.47. The van der Waals surface area contributed by atoms with E-state index < -0.39 is 27.1 Å². The highest BCUT2D eigenvalue weighted by Gasteiger charge is 2.42. The standard InChI is InChI=1S/C6H11NO4S/c1-11-6(8)5-2-4(7)3-12(5,9)10/h4-5H,2-3,7H2,1H3. The number of nitrogens with two attached hydrogens (primary N) is 1. The van der Waals surface area contributed by atoms with Crippen LogP contribution in [0.25, 0.3) is 0 Å². The van der Waals surface area contributed by atoms with Gasteiger partial charge in [-0.3, -0.25) is 4.79 Å². The maximum Gasteiger partial charge on any atom is 0.324 e. The van der Waals surface area contributed by atoms with Gasteiger partial charge in [-0.1, -0.05) is 0 Å². The Labute approximate surface area is 70.8 Å². The van der Waals surface area contributed by atoms with E-state index in [2.05, 4.69) is 4.74 Å². The second-order valence-electron chi connectivity index (χ2n) is 2.84. The highest BCUT2D eigenvalue weighted by molar-refractivity contribution is 7.93. The third-order valence-corrected chi connectivity index (χ3v) is 4.01. The summed E-state index contributed by atoms with van der Waals surface area (Å²) in [7, 11) is -2.18. The summed E-state index contributed by atoms with van der Waals surface area (Å²) in [6.07, 6.45) is 0.176. The van der Waals surface area contributed by atoms with E-state index in [1.54, 1.807) is 0 Å². The Morgan fingerprint density at radius 3 is 2.50 bits per heavy atom. The van der Waals surface area contributed by atoms with Crippen LogP contribution in [0.4, 0.5) is 0 Å². The molecule has 0 spiro atoms. The number of sulfone groups is 1. The topological polar surface area (TPSA) is 86.5 Å². The molecule has 1 fully saturated rings. The van der Waals surface area contributed by atoms with Crippen LogP contribution in [0.3, 0.4) is 0 Å². The summed E-state index contributed by atoms with van der Waals surface area (Å²) in [5.41, 5.74) is 5.41. The van der Waals surface area contributed by atoms with Gasteiger partial charge >= 0.3 is 5.97 Å². The summed E-state index contributed by atoms with van der Waals surface area (Å²) in [5.74, 6) is -0.824. The van der Waals surface area contributed by atoms with Crippen molar-refractivity contribution in [1.29, 1.82) is 0 Å². The Hall–Kier alpha value is -0.620. The van der Waals surface area contributed by atoms with Gasteiger partial charge < -0.3 is 10.5 Å². The van der Waals surface area contributed by atoms with Gasteiger partial charge in [-0.15, -0.1) is 0 Å². The van der Waals surface area contributed by atoms with Gasteiger partial charge in [-0.25, -0.2) is 8.42 Å². The van der Waals surface area contributed by atoms with Gasteiger partial charge in [0.1, 0.15) is 0 Å². The van der Waals surface area contributed by atoms with Crippen LogP contribution in [0.1, 0.15) is 6.42 Å². The summed E-state index contributed by atoms with van der Waals surface area (Å²) in [6, 6.07) is -0.431. The molecular weight excluding hydrogens is 182 g/mol. The zero-order valence-corrected chi connectivity index (χ0v) is 7.50. The van der Waals surface area contributed by atoms with Gasteiger partial charge in [0.25, 0.3) is 0 Å². The first-order chi connectivity index (χ1) is 5.47. The van der Waals surface area contributed by atoms with Crippen molar-refractivity contribution in [2.24, 2.45) is 5.73 Å². The van der Waals surface area contributed by atoms with Gasteiger partial charge in [-0.05, 0) is 6.42 Å². The van der Waals surface area contributed by atoms with Crippen LogP contribution in [0, 0.1) is 0 Å². The molecule has 12 heavy (non-hydrogen) atoms. The number of carbonyl (C=O) groups excluding carboxylic acids is 1. The second-order valence-corrected chi connectivity index (χ2v) is 5.07. The van der Waals surface area contributed by atoms with Crippen LogP contribution in [0.2, 0.25) is 0 Å². The number of ether oxygens (including phenoxy) is 1. The van der Waals surface area contributed by atoms with E-state index in [4.69, 9.17) is 5.73 Å². The van der Waals surface area contributed by atoms with Gasteiger partial charge in [0, 0.05) is 6.04 Å². The SMILES string of the molecule is COC(=O)C1CC(N)CS1(=O)=O. The highest BCUT2D eigenvalue weighted by atomic mass is 32.2. The average molecular weight is 193 g/mol. The molecule has 0 bridgehead atoms. The monoisotopic (exact) mass is 193 g/mol. The molecule has 0 radical (unpaired) electrons. The van der Waals surface area contributed by atoms with Crippen molar-refractivity contribution in [1.82, 2.24) is 0 Å². The molecule has 2 unspecified atom stereocenters. The van der Waals surface area contributed by atoms with Gasteiger partial charge in [-0.2, -0.15) is 0 Å². The van der Waals surface area contributed by atoms with E-state index in [9.17, 15) is 13.2 Å². The molecule has 6 heteroatoms. The molecule has 2 N–H and O–H groups in total. The summed E-state index contributed by atoms with van der Waals surface area (Å²) in [6.45, 7) is 0. The van der Waals surface area contributed by atoms with E-state index in [1.165, 1.54) is 7.11 Å². The summed E-state index contributed by atoms with van der Waals surface area (Å²) < 4.78 is 26.7. The molecule has 0 aliphatic carbocycles. The predicted octanol–water partition coefficient (Wildman–Crippen LogP) is -1.33. The van der Waals surface area contributed by atoms with Crippen molar-refractivity contribution >= 4 is 15.8 Å².